The second kappa shape index (κ2) is 5.21. The molecule has 2 aromatic rings. The highest BCUT2D eigenvalue weighted by molar-refractivity contribution is 5.13. The second-order valence-electron chi connectivity index (χ2n) is 5.75. The first-order valence-electron chi connectivity index (χ1n) is 7.11. The fraction of sp³-hybridized carbons (Fsp3) is 0.533. The van der Waals surface area contributed by atoms with Crippen molar-refractivity contribution in [2.45, 2.75) is 51.9 Å². The van der Waals surface area contributed by atoms with Gasteiger partial charge in [-0.1, -0.05) is 13.8 Å². The first-order valence-corrected chi connectivity index (χ1v) is 7.11. The summed E-state index contributed by atoms with van der Waals surface area (Å²) in [7, 11) is 0. The maximum absolute atomic E-state index is 4.28. The van der Waals surface area contributed by atoms with Gasteiger partial charge in [0, 0.05) is 37.2 Å². The molecule has 0 aliphatic heterocycles. The van der Waals surface area contributed by atoms with Crippen LogP contribution in [0.2, 0.25) is 0 Å². The van der Waals surface area contributed by atoms with E-state index in [2.05, 4.69) is 51.7 Å². The fourth-order valence-corrected chi connectivity index (χ4v) is 2.34. The standard InChI is InChI=1S/C15H22N4/c1-12(2)17-7-13-5-6-18(9-13)10-15-8-16-11-19(15)14-3-4-14/h5-6,8-9,11-12,14,17H,3-4,7,10H2,1-2H3. The van der Waals surface area contributed by atoms with Crippen molar-refractivity contribution in [3.8, 4) is 0 Å². The molecule has 0 atom stereocenters. The lowest BCUT2D eigenvalue weighted by atomic mass is 10.3. The van der Waals surface area contributed by atoms with E-state index in [-0.39, 0.29) is 0 Å². The van der Waals surface area contributed by atoms with Crippen LogP contribution < -0.4 is 5.32 Å². The molecule has 1 aliphatic carbocycles. The molecular weight excluding hydrogens is 236 g/mol. The Hall–Kier alpha value is -1.55. The average Bonchev–Trinajstić information content (AvgIpc) is 2.95. The van der Waals surface area contributed by atoms with E-state index in [1.807, 2.05) is 12.5 Å². The number of nitrogens with zero attached hydrogens (tertiary/aromatic N) is 3. The summed E-state index contributed by atoms with van der Waals surface area (Å²) in [6, 6.07) is 3.42. The topological polar surface area (TPSA) is 34.8 Å². The Balaban J connectivity index is 1.64. The maximum atomic E-state index is 4.28. The second-order valence-corrected chi connectivity index (χ2v) is 5.75. The maximum Gasteiger partial charge on any atom is 0.0951 e. The van der Waals surface area contributed by atoms with Crippen molar-refractivity contribution in [3.05, 3.63) is 42.2 Å². The minimum absolute atomic E-state index is 0.527. The molecule has 0 saturated heterocycles. The molecule has 0 unspecified atom stereocenters. The first kappa shape index (κ1) is 12.5. The Morgan fingerprint density at radius 3 is 3.00 bits per heavy atom. The van der Waals surface area contributed by atoms with Crippen LogP contribution in [0.5, 0.6) is 0 Å². The van der Waals surface area contributed by atoms with Crippen LogP contribution in [0.25, 0.3) is 0 Å². The minimum Gasteiger partial charge on any atom is -0.348 e. The van der Waals surface area contributed by atoms with E-state index in [1.165, 1.54) is 24.1 Å². The molecule has 2 aromatic heterocycles. The fourth-order valence-electron chi connectivity index (χ4n) is 2.34. The van der Waals surface area contributed by atoms with Gasteiger partial charge in [-0.05, 0) is 24.5 Å². The van der Waals surface area contributed by atoms with Gasteiger partial charge in [-0.15, -0.1) is 0 Å². The van der Waals surface area contributed by atoms with E-state index >= 15 is 0 Å². The Labute approximate surface area is 114 Å². The Kier molecular flexibility index (Phi) is 3.42. The van der Waals surface area contributed by atoms with Crippen molar-refractivity contribution in [2.75, 3.05) is 0 Å². The van der Waals surface area contributed by atoms with Crippen molar-refractivity contribution in [1.29, 1.82) is 0 Å². The monoisotopic (exact) mass is 258 g/mol. The molecule has 1 saturated carbocycles. The zero-order chi connectivity index (χ0) is 13.2. The summed E-state index contributed by atoms with van der Waals surface area (Å²) >= 11 is 0. The summed E-state index contributed by atoms with van der Waals surface area (Å²) in [4.78, 5) is 4.28. The molecule has 2 heterocycles. The molecule has 0 aromatic carbocycles. The van der Waals surface area contributed by atoms with Gasteiger partial charge in [-0.3, -0.25) is 0 Å². The number of nitrogens with one attached hydrogen (secondary N) is 1. The van der Waals surface area contributed by atoms with Crippen LogP contribution in [0.15, 0.2) is 31.0 Å². The molecule has 1 fully saturated rings. The van der Waals surface area contributed by atoms with Gasteiger partial charge >= 0.3 is 0 Å². The van der Waals surface area contributed by atoms with Gasteiger partial charge < -0.3 is 14.5 Å². The largest absolute Gasteiger partial charge is 0.348 e. The van der Waals surface area contributed by atoms with Gasteiger partial charge in [0.05, 0.1) is 18.6 Å². The third-order valence-corrected chi connectivity index (χ3v) is 3.56. The third kappa shape index (κ3) is 3.07. The van der Waals surface area contributed by atoms with Gasteiger partial charge in [0.1, 0.15) is 0 Å². The third-order valence-electron chi connectivity index (χ3n) is 3.56. The highest BCUT2D eigenvalue weighted by Crippen LogP contribution is 2.35. The highest BCUT2D eigenvalue weighted by Gasteiger charge is 2.25. The normalized spacial score (nSPS) is 15.3. The van der Waals surface area contributed by atoms with E-state index in [4.69, 9.17) is 0 Å². The first-order chi connectivity index (χ1) is 9.22. The lowest BCUT2D eigenvalue weighted by Gasteiger charge is -2.08. The van der Waals surface area contributed by atoms with Gasteiger partial charge in [-0.25, -0.2) is 4.98 Å². The van der Waals surface area contributed by atoms with Gasteiger partial charge in [0.2, 0.25) is 0 Å². The van der Waals surface area contributed by atoms with Crippen LogP contribution in [0, 0.1) is 0 Å². The van der Waals surface area contributed by atoms with Crippen LogP contribution in [-0.2, 0) is 13.1 Å². The van der Waals surface area contributed by atoms with Crippen molar-refractivity contribution in [3.63, 3.8) is 0 Å². The van der Waals surface area contributed by atoms with E-state index in [9.17, 15) is 0 Å². The minimum atomic E-state index is 0.527. The van der Waals surface area contributed by atoms with Crippen LogP contribution in [-0.4, -0.2) is 20.2 Å². The summed E-state index contributed by atoms with van der Waals surface area (Å²) in [6.45, 7) is 6.20. The zero-order valence-electron chi connectivity index (χ0n) is 11.7. The number of imidazole rings is 1. The zero-order valence-corrected chi connectivity index (χ0v) is 11.7. The molecule has 3 rings (SSSR count). The van der Waals surface area contributed by atoms with Crippen LogP contribution in [0.4, 0.5) is 0 Å². The molecule has 0 spiro atoms. The van der Waals surface area contributed by atoms with Gasteiger partial charge in [-0.2, -0.15) is 0 Å². The molecule has 4 heteroatoms. The quantitative estimate of drug-likeness (QED) is 0.864. The Bertz CT molecular complexity index is 534. The van der Waals surface area contributed by atoms with E-state index in [1.54, 1.807) is 0 Å². The van der Waals surface area contributed by atoms with Gasteiger partial charge in [0.25, 0.3) is 0 Å². The predicted octanol–water partition coefficient (Wildman–Crippen LogP) is 2.57. The summed E-state index contributed by atoms with van der Waals surface area (Å²) < 4.78 is 4.57. The number of hydrogen-bond donors (Lipinski definition) is 1. The Morgan fingerprint density at radius 2 is 2.26 bits per heavy atom. The van der Waals surface area contributed by atoms with Crippen LogP contribution >= 0.6 is 0 Å². The van der Waals surface area contributed by atoms with Crippen molar-refractivity contribution in [2.24, 2.45) is 0 Å². The average molecular weight is 258 g/mol. The van der Waals surface area contributed by atoms with Crippen LogP contribution in [0.1, 0.15) is 44.0 Å². The van der Waals surface area contributed by atoms with Crippen molar-refractivity contribution < 1.29 is 0 Å². The SMILES string of the molecule is CC(C)NCc1ccn(Cc2cncn2C2CC2)c1. The number of hydrogen-bond acceptors (Lipinski definition) is 2. The molecule has 0 radical (unpaired) electrons. The lowest BCUT2D eigenvalue weighted by molar-refractivity contribution is 0.587. The van der Waals surface area contributed by atoms with Crippen molar-refractivity contribution >= 4 is 0 Å². The highest BCUT2D eigenvalue weighted by atomic mass is 15.1. The molecule has 4 nitrogen and oxygen atoms in total. The predicted molar refractivity (Wildman–Crippen MR) is 76.0 cm³/mol. The summed E-state index contributed by atoms with van der Waals surface area (Å²) in [5.74, 6) is 0. The van der Waals surface area contributed by atoms with Crippen LogP contribution in [0.3, 0.4) is 0 Å². The lowest BCUT2D eigenvalue weighted by Crippen LogP contribution is -2.21. The van der Waals surface area contributed by atoms with E-state index in [0.717, 1.165) is 13.1 Å². The summed E-state index contributed by atoms with van der Waals surface area (Å²) in [5.41, 5.74) is 2.65. The number of aromatic nitrogens is 3. The molecule has 0 bridgehead atoms. The molecular formula is C15H22N4. The Morgan fingerprint density at radius 1 is 1.42 bits per heavy atom. The van der Waals surface area contributed by atoms with E-state index in [0.29, 0.717) is 12.1 Å². The van der Waals surface area contributed by atoms with E-state index < -0.39 is 0 Å². The molecule has 1 aliphatic rings. The summed E-state index contributed by atoms with van der Waals surface area (Å²) in [6.07, 6.45) is 10.9. The molecule has 1 N–H and O–H groups in total. The van der Waals surface area contributed by atoms with Gasteiger partial charge in [0.15, 0.2) is 0 Å². The number of rotatable bonds is 6. The summed E-state index contributed by atoms with van der Waals surface area (Å²) in [5, 5.41) is 3.44. The molecule has 19 heavy (non-hydrogen) atoms. The molecule has 0 amide bonds. The molecule has 102 valence electrons. The van der Waals surface area contributed by atoms with Crippen molar-refractivity contribution in [1.82, 2.24) is 19.4 Å². The smallest absolute Gasteiger partial charge is 0.0951 e.